The Labute approximate surface area is 89.0 Å². The summed E-state index contributed by atoms with van der Waals surface area (Å²) in [6.45, 7) is 0. The van der Waals surface area contributed by atoms with Crippen molar-refractivity contribution in [3.63, 3.8) is 0 Å². The molecule has 0 fully saturated rings. The van der Waals surface area contributed by atoms with E-state index in [2.05, 4.69) is 25.3 Å². The second-order valence-corrected chi connectivity index (χ2v) is 0.325. The number of hydrogen-bond acceptors (Lipinski definition) is 6. The van der Waals surface area contributed by atoms with Gasteiger partial charge in [-0.25, -0.2) is 10.1 Å². The Balaban J connectivity index is -0.0000000105. The van der Waals surface area contributed by atoms with Crippen molar-refractivity contribution in [3.05, 3.63) is 14.9 Å². The van der Waals surface area contributed by atoms with E-state index in [1.54, 1.807) is 0 Å². The van der Waals surface area contributed by atoms with Crippen LogP contribution >= 0.6 is 0 Å². The second kappa shape index (κ2) is 120. The molecule has 84 valence electrons. The molecule has 0 radical (unpaired) electrons. The summed E-state index contributed by atoms with van der Waals surface area (Å²) in [5.41, 5.74) is 0. The summed E-state index contributed by atoms with van der Waals surface area (Å²) in [4.78, 5) is 19.8. The van der Waals surface area contributed by atoms with Crippen molar-refractivity contribution >= 4 is 6.15 Å². The first-order chi connectivity index (χ1) is 4.33. The van der Waals surface area contributed by atoms with E-state index in [1.165, 1.54) is 7.11 Å². The van der Waals surface area contributed by atoms with Gasteiger partial charge in [0, 0.05) is 16.5 Å². The van der Waals surface area contributed by atoms with Crippen LogP contribution in [0.1, 0.15) is 0 Å². The third kappa shape index (κ3) is 750. The van der Waals surface area contributed by atoms with Crippen LogP contribution in [0.25, 0.3) is 0 Å². The van der Waals surface area contributed by atoms with Crippen LogP contribution in [0.4, 0.5) is 0 Å². The van der Waals surface area contributed by atoms with Gasteiger partial charge in [0.05, 0.1) is 7.11 Å². The van der Waals surface area contributed by atoms with Crippen molar-refractivity contribution in [2.24, 2.45) is 0 Å². The van der Waals surface area contributed by atoms with E-state index in [-0.39, 0.29) is 37.5 Å². The van der Waals surface area contributed by atoms with Gasteiger partial charge in [0.25, 0.3) is 0 Å². The Morgan fingerprint density at radius 3 is 1.33 bits per heavy atom. The summed E-state index contributed by atoms with van der Waals surface area (Å²) in [6, 6.07) is 0. The average Bonchev–Trinajstić information content (AvgIpc) is 1.94. The van der Waals surface area contributed by atoms with E-state index in [1.807, 2.05) is 0 Å². The fraction of sp³-hybridized carbons (Fsp3) is 0.250. The second-order valence-electron chi connectivity index (χ2n) is 0.325. The maximum absolute atomic E-state index is 8.12. The van der Waals surface area contributed by atoms with Crippen LogP contribution in [0.5, 0.6) is 0 Å². The number of hydrogen-bond donors (Lipinski definition) is 1. The van der Waals surface area contributed by atoms with Crippen LogP contribution in [0, 0.1) is 14.9 Å². The van der Waals surface area contributed by atoms with Crippen molar-refractivity contribution in [3.8, 4) is 0 Å². The molecule has 0 spiro atoms. The molecule has 0 aliphatic carbocycles. The third-order valence-electron chi connectivity index (χ3n) is 0.0745. The average molecular weight is 272 g/mol. The maximum atomic E-state index is 8.12. The summed E-state index contributed by atoms with van der Waals surface area (Å²) in [7, 11) is 1.21. The molecule has 12 heavy (non-hydrogen) atoms. The summed E-state index contributed by atoms with van der Waals surface area (Å²) in [5, 5.41) is 10.2. The van der Waals surface area contributed by atoms with Gasteiger partial charge in [-0.2, -0.15) is 9.59 Å². The van der Waals surface area contributed by atoms with Crippen molar-refractivity contribution in [1.29, 1.82) is 0 Å². The Kier molecular flexibility index (Phi) is 402. The molecule has 0 amide bonds. The van der Waals surface area contributed by atoms with Crippen LogP contribution in [0.2, 0.25) is 0 Å². The molecule has 0 saturated heterocycles. The van der Waals surface area contributed by atoms with Gasteiger partial charge in [-0.05, 0) is 0 Å². The normalized spacial score (nSPS) is 3.67. The molecular formula is C4H10Ni2O6-2. The van der Waals surface area contributed by atoms with Gasteiger partial charge in [0.2, 0.25) is 0 Å². The molecule has 0 rings (SSSR count). The predicted molar refractivity (Wildman–Crippen MR) is 29.2 cm³/mol. The number of carbonyl (C=O) groups excluding carboxylic acids is 2. The topological polar surface area (TPSA) is 89.9 Å². The van der Waals surface area contributed by atoms with Crippen molar-refractivity contribution < 1.29 is 60.6 Å². The fourth-order valence-electron chi connectivity index (χ4n) is 0. The quantitative estimate of drug-likeness (QED) is 0.318. The summed E-state index contributed by atoms with van der Waals surface area (Å²) in [5.74, 6) is 0. The molecule has 0 atom stereocenters. The molecule has 1 N–H and O–H groups in total. The molecule has 0 unspecified atom stereocenters. The van der Waals surface area contributed by atoms with Crippen molar-refractivity contribution in [1.82, 2.24) is 0 Å². The standard InChI is InChI=1S/CH4O3.CO2.2CH3.2Ni.O/c1-3-4-2;2-1-3;;;;;/h2H,1H3;;2*1H3;;;/q;;2*-1;;;. The van der Waals surface area contributed by atoms with Crippen molar-refractivity contribution in [2.45, 2.75) is 0 Å². The molecule has 0 saturated carbocycles. The van der Waals surface area contributed by atoms with E-state index in [0.717, 1.165) is 0 Å². The Morgan fingerprint density at radius 2 is 1.33 bits per heavy atom. The summed E-state index contributed by atoms with van der Waals surface area (Å²) < 4.78 is 7.88. The molecular weight excluding hydrogens is 261 g/mol. The Hall–Kier alpha value is 0.0470. The van der Waals surface area contributed by atoms with Gasteiger partial charge in [-0.1, -0.05) is 5.04 Å². The van der Waals surface area contributed by atoms with Gasteiger partial charge < -0.3 is 14.9 Å². The minimum absolute atomic E-state index is 0. The molecule has 0 aromatic rings. The zero-order valence-corrected chi connectivity index (χ0v) is 8.60. The van der Waals surface area contributed by atoms with Crippen LogP contribution < -0.4 is 0 Å². The Bertz CT molecular complexity index is 62.6. The molecule has 0 heterocycles. The molecule has 8 heteroatoms. The van der Waals surface area contributed by atoms with Crippen LogP contribution in [0.15, 0.2) is 0 Å². The van der Waals surface area contributed by atoms with E-state index in [9.17, 15) is 0 Å². The predicted octanol–water partition coefficient (Wildman–Crippen LogP) is 0.231. The minimum atomic E-state index is 0. The van der Waals surface area contributed by atoms with Crippen LogP contribution in [-0.4, -0.2) is 18.5 Å². The SMILES string of the molecule is COOO.O=C=O.[CH3-].[CH3-].[Ni].[O]=[Ni]. The molecule has 0 aliphatic rings. The van der Waals surface area contributed by atoms with Crippen molar-refractivity contribution in [2.75, 3.05) is 7.11 Å². The van der Waals surface area contributed by atoms with E-state index >= 15 is 0 Å². The molecule has 0 aliphatic heterocycles. The molecule has 0 aromatic heterocycles. The fourth-order valence-corrected chi connectivity index (χ4v) is 0. The summed E-state index contributed by atoms with van der Waals surface area (Å²) >= 11 is 2.62. The molecule has 6 nitrogen and oxygen atoms in total. The first kappa shape index (κ1) is 40.2. The van der Waals surface area contributed by atoms with Gasteiger partial charge in [-0.3, -0.25) is 0 Å². The van der Waals surface area contributed by atoms with Gasteiger partial charge in [0.1, 0.15) is 0 Å². The molecule has 0 aromatic carbocycles. The van der Waals surface area contributed by atoms with Crippen LogP contribution in [0.3, 0.4) is 0 Å². The molecule has 0 bridgehead atoms. The van der Waals surface area contributed by atoms with E-state index in [4.69, 9.17) is 18.7 Å². The van der Waals surface area contributed by atoms with E-state index in [0.29, 0.717) is 0 Å². The van der Waals surface area contributed by atoms with Gasteiger partial charge in [-0.15, -0.1) is 0 Å². The zero-order valence-electron chi connectivity index (χ0n) is 6.62. The van der Waals surface area contributed by atoms with Gasteiger partial charge in [0.15, 0.2) is 0 Å². The van der Waals surface area contributed by atoms with E-state index < -0.39 is 0 Å². The first-order valence-electron chi connectivity index (χ1n) is 1.29. The zero-order chi connectivity index (χ0) is 8.12. The van der Waals surface area contributed by atoms with Crippen LogP contribution in [-0.2, 0) is 55.3 Å². The first-order valence-corrected chi connectivity index (χ1v) is 1.70. The monoisotopic (exact) mass is 270 g/mol. The van der Waals surface area contributed by atoms with Gasteiger partial charge >= 0.3 is 25.4 Å². The number of rotatable bonds is 1. The third-order valence-corrected chi connectivity index (χ3v) is 0.0745. The Morgan fingerprint density at radius 1 is 1.25 bits per heavy atom. The summed E-state index contributed by atoms with van der Waals surface area (Å²) in [6.07, 6.45) is 0.250.